The molecule has 2 aliphatic rings. The maximum Gasteiger partial charge on any atom is 0.312 e. The zero-order valence-corrected chi connectivity index (χ0v) is 18.3. The van der Waals surface area contributed by atoms with Crippen molar-refractivity contribution in [3.63, 3.8) is 0 Å². The summed E-state index contributed by atoms with van der Waals surface area (Å²) in [5.74, 6) is -0.576. The summed E-state index contributed by atoms with van der Waals surface area (Å²) >= 11 is 0. The van der Waals surface area contributed by atoms with Crippen LogP contribution < -0.4 is 0 Å². The number of hydrogen-bond acceptors (Lipinski definition) is 4. The van der Waals surface area contributed by atoms with Crippen molar-refractivity contribution < 1.29 is 19.8 Å². The number of aromatic hydroxyl groups is 1. The Morgan fingerprint density at radius 3 is 2.60 bits per heavy atom. The van der Waals surface area contributed by atoms with Gasteiger partial charge in [-0.25, -0.2) is 0 Å². The second-order valence-corrected chi connectivity index (χ2v) is 9.37. The van der Waals surface area contributed by atoms with Gasteiger partial charge < -0.3 is 20.0 Å². The second-order valence-electron chi connectivity index (χ2n) is 9.37. The van der Waals surface area contributed by atoms with E-state index in [4.69, 9.17) is 5.11 Å². The van der Waals surface area contributed by atoms with Crippen LogP contribution in [-0.4, -0.2) is 64.1 Å². The lowest BCUT2D eigenvalue weighted by atomic mass is 9.68. The summed E-state index contributed by atoms with van der Waals surface area (Å²) in [6.07, 6.45) is 5.98. The number of carboxylic acids is 1. The number of nitrogens with zero attached hydrogens (tertiary/aromatic N) is 2. The van der Waals surface area contributed by atoms with E-state index in [1.165, 1.54) is 12.0 Å². The van der Waals surface area contributed by atoms with Gasteiger partial charge in [-0.05, 0) is 54.8 Å². The first-order chi connectivity index (χ1) is 14.3. The first kappa shape index (κ1) is 22.6. The van der Waals surface area contributed by atoms with Gasteiger partial charge in [0.15, 0.2) is 0 Å². The summed E-state index contributed by atoms with van der Waals surface area (Å²) in [6, 6.07) is 7.78. The molecule has 6 heteroatoms. The fourth-order valence-corrected chi connectivity index (χ4v) is 5.19. The lowest BCUT2D eigenvalue weighted by molar-refractivity contribution is -0.145. The number of carboxylic acid groups (broad SMARTS) is 1. The molecule has 6 nitrogen and oxygen atoms in total. The van der Waals surface area contributed by atoms with Crippen LogP contribution in [0.2, 0.25) is 0 Å². The minimum atomic E-state index is -1.05. The zero-order valence-electron chi connectivity index (χ0n) is 18.3. The van der Waals surface area contributed by atoms with Crippen LogP contribution in [-0.2, 0) is 15.0 Å². The first-order valence-corrected chi connectivity index (χ1v) is 11.3. The van der Waals surface area contributed by atoms with E-state index in [9.17, 15) is 14.7 Å². The van der Waals surface area contributed by atoms with Crippen molar-refractivity contribution in [2.24, 2.45) is 5.92 Å². The minimum absolute atomic E-state index is 0.0113. The molecule has 1 aliphatic heterocycles. The van der Waals surface area contributed by atoms with E-state index in [2.05, 4.69) is 24.8 Å². The summed E-state index contributed by atoms with van der Waals surface area (Å²) in [5.41, 5.74) is 1.19. The highest BCUT2D eigenvalue weighted by Crippen LogP contribution is 2.40. The number of rotatable bonds is 7. The van der Waals surface area contributed by atoms with E-state index in [1.54, 1.807) is 6.07 Å². The van der Waals surface area contributed by atoms with Gasteiger partial charge in [-0.1, -0.05) is 45.2 Å². The smallest absolute Gasteiger partial charge is 0.312 e. The van der Waals surface area contributed by atoms with Crippen LogP contribution in [0.5, 0.6) is 5.75 Å². The van der Waals surface area contributed by atoms with Crippen molar-refractivity contribution in [2.45, 2.75) is 70.3 Å². The van der Waals surface area contributed by atoms with Crippen molar-refractivity contribution in [2.75, 3.05) is 26.2 Å². The maximum absolute atomic E-state index is 12.6. The molecule has 0 spiro atoms. The molecule has 1 aliphatic carbocycles. The quantitative estimate of drug-likeness (QED) is 0.664. The van der Waals surface area contributed by atoms with Crippen LogP contribution in [0.15, 0.2) is 24.3 Å². The summed E-state index contributed by atoms with van der Waals surface area (Å²) in [7, 11) is 0. The third-order valence-corrected chi connectivity index (χ3v) is 7.37. The number of carbonyl (C=O) groups excluding carboxylic acids is 1. The molecule has 1 saturated heterocycles. The van der Waals surface area contributed by atoms with Gasteiger partial charge in [-0.2, -0.15) is 0 Å². The number of likely N-dealkylation sites (tertiary alicyclic amines) is 1. The van der Waals surface area contributed by atoms with Gasteiger partial charge in [0.05, 0.1) is 0 Å². The van der Waals surface area contributed by atoms with Gasteiger partial charge in [0, 0.05) is 25.7 Å². The predicted molar refractivity (Wildman–Crippen MR) is 117 cm³/mol. The van der Waals surface area contributed by atoms with Crippen LogP contribution in [0.4, 0.5) is 0 Å². The number of aliphatic carboxylic acids is 1. The van der Waals surface area contributed by atoms with Crippen LogP contribution in [0.25, 0.3) is 0 Å². The zero-order chi connectivity index (χ0) is 21.7. The molecule has 166 valence electrons. The average Bonchev–Trinajstić information content (AvgIpc) is 2.71. The molecule has 1 heterocycles. The molecule has 1 saturated carbocycles. The molecule has 1 aromatic carbocycles. The molecule has 30 heavy (non-hydrogen) atoms. The molecule has 0 bridgehead atoms. The number of phenolic OH excluding ortho intramolecular Hbond substituents is 1. The molecule has 1 aromatic rings. The van der Waals surface area contributed by atoms with Gasteiger partial charge in [0.1, 0.15) is 12.2 Å². The number of benzene rings is 1. The molecule has 3 rings (SSSR count). The normalized spacial score (nSPS) is 25.7. The fraction of sp³-hybridized carbons (Fsp3) is 0.667. The van der Waals surface area contributed by atoms with Crippen LogP contribution >= 0.6 is 0 Å². The van der Waals surface area contributed by atoms with E-state index in [0.29, 0.717) is 18.2 Å². The topological polar surface area (TPSA) is 81.1 Å². The Hall–Kier alpha value is -2.08. The molecule has 0 aromatic heterocycles. The Morgan fingerprint density at radius 2 is 1.97 bits per heavy atom. The minimum Gasteiger partial charge on any atom is -0.508 e. The molecular formula is C24H36N2O4. The largest absolute Gasteiger partial charge is 0.508 e. The Morgan fingerprint density at radius 1 is 1.23 bits per heavy atom. The highest BCUT2D eigenvalue weighted by Gasteiger charge is 2.38. The number of piperidine rings is 1. The molecule has 1 amide bonds. The Bertz CT molecular complexity index is 746. The van der Waals surface area contributed by atoms with Gasteiger partial charge in [0.2, 0.25) is 5.91 Å². The van der Waals surface area contributed by atoms with E-state index < -0.39 is 12.4 Å². The number of hydrogen-bond donors (Lipinski definition) is 2. The van der Waals surface area contributed by atoms with Crippen LogP contribution in [0.3, 0.4) is 0 Å². The molecule has 2 N–H and O–H groups in total. The van der Waals surface area contributed by atoms with Crippen molar-refractivity contribution in [3.05, 3.63) is 29.8 Å². The molecule has 0 unspecified atom stereocenters. The molecular weight excluding hydrogens is 380 g/mol. The summed E-state index contributed by atoms with van der Waals surface area (Å²) in [6.45, 7) is 7.77. The Balaban J connectivity index is 1.61. The highest BCUT2D eigenvalue weighted by atomic mass is 16.4. The lowest BCUT2D eigenvalue weighted by Gasteiger charge is -2.46. The molecule has 2 atom stereocenters. The van der Waals surface area contributed by atoms with Crippen LogP contribution in [0.1, 0.15) is 64.4 Å². The van der Waals surface area contributed by atoms with E-state index >= 15 is 0 Å². The predicted octanol–water partition coefficient (Wildman–Crippen LogP) is 3.63. The summed E-state index contributed by atoms with van der Waals surface area (Å²) in [5, 5.41) is 19.0. The van der Waals surface area contributed by atoms with E-state index in [0.717, 1.165) is 51.7 Å². The fourth-order valence-electron chi connectivity index (χ4n) is 5.19. The molecule has 0 radical (unpaired) electrons. The van der Waals surface area contributed by atoms with Crippen LogP contribution in [0, 0.1) is 5.92 Å². The first-order valence-electron chi connectivity index (χ1n) is 11.3. The summed E-state index contributed by atoms with van der Waals surface area (Å²) < 4.78 is 0. The van der Waals surface area contributed by atoms with Crippen molar-refractivity contribution >= 4 is 11.9 Å². The van der Waals surface area contributed by atoms with Gasteiger partial charge >= 0.3 is 5.97 Å². The Kier molecular flexibility index (Phi) is 7.40. The monoisotopic (exact) mass is 416 g/mol. The summed E-state index contributed by atoms with van der Waals surface area (Å²) in [4.78, 5) is 28.0. The van der Waals surface area contributed by atoms with Crippen molar-refractivity contribution in [1.82, 2.24) is 9.80 Å². The van der Waals surface area contributed by atoms with E-state index in [1.807, 2.05) is 17.0 Å². The van der Waals surface area contributed by atoms with E-state index in [-0.39, 0.29) is 17.4 Å². The van der Waals surface area contributed by atoms with Gasteiger partial charge in [0.25, 0.3) is 0 Å². The third-order valence-electron chi connectivity index (χ3n) is 7.37. The second kappa shape index (κ2) is 9.82. The molecule has 2 fully saturated rings. The van der Waals surface area contributed by atoms with Gasteiger partial charge in [-0.15, -0.1) is 0 Å². The average molecular weight is 417 g/mol. The standard InChI is InChI=1S/C24H36N2O4/c1-18-17-25(12-11-24(18,2)19-7-6-10-21(27)15-19)13-14-26(22(28)16-23(29)30)20-8-4-3-5-9-20/h6-7,10,15,18,20,27H,3-5,8-9,11-14,16-17H2,1-2H3,(H,29,30)/t18-,24-/m0/s1. The SMILES string of the molecule is C[C@H]1CN(CCN(C(=O)CC(=O)O)C2CCCCC2)CC[C@]1(C)c1cccc(O)c1. The lowest BCUT2D eigenvalue weighted by Crippen LogP contribution is -2.51. The van der Waals surface area contributed by atoms with Gasteiger partial charge in [-0.3, -0.25) is 9.59 Å². The van der Waals surface area contributed by atoms with Crippen molar-refractivity contribution in [3.8, 4) is 5.75 Å². The third kappa shape index (κ3) is 5.34. The maximum atomic E-state index is 12.6. The number of carbonyl (C=O) groups is 2. The number of phenols is 1. The van der Waals surface area contributed by atoms with Crippen molar-refractivity contribution in [1.29, 1.82) is 0 Å². The number of amides is 1. The Labute approximate surface area is 179 Å². The highest BCUT2D eigenvalue weighted by molar-refractivity contribution is 5.93.